The summed E-state index contributed by atoms with van der Waals surface area (Å²) in [5.41, 5.74) is 0.693. The maximum Gasteiger partial charge on any atom is 0.307 e. The predicted molar refractivity (Wildman–Crippen MR) is 46.7 cm³/mol. The van der Waals surface area contributed by atoms with Crippen molar-refractivity contribution in [3.8, 4) is 0 Å². The van der Waals surface area contributed by atoms with Gasteiger partial charge in [0.15, 0.2) is 12.4 Å². The number of pyridine rings is 1. The summed E-state index contributed by atoms with van der Waals surface area (Å²) in [4.78, 5) is 10.1. The fourth-order valence-electron chi connectivity index (χ4n) is 0.866. The van der Waals surface area contributed by atoms with Crippen LogP contribution < -0.4 is 4.73 Å². The van der Waals surface area contributed by atoms with E-state index in [-0.39, 0.29) is 6.42 Å². The molecule has 4 nitrogen and oxygen atoms in total. The number of aliphatic carboxylic acids is 1. The first kappa shape index (κ1) is 9.25. The molecular formula is C9H9NO3. The summed E-state index contributed by atoms with van der Waals surface area (Å²) in [6.07, 6.45) is 5.81. The molecule has 0 aliphatic heterocycles. The van der Waals surface area contributed by atoms with Gasteiger partial charge in [-0.3, -0.25) is 4.79 Å². The highest BCUT2D eigenvalue weighted by molar-refractivity contribution is 5.70. The molecule has 0 aliphatic carbocycles. The fraction of sp³-hybridized carbons (Fsp3) is 0.111. The zero-order chi connectivity index (χ0) is 9.68. The highest BCUT2D eigenvalue weighted by Gasteiger charge is 1.93. The zero-order valence-electron chi connectivity index (χ0n) is 6.88. The lowest BCUT2D eigenvalue weighted by Crippen LogP contribution is -2.24. The van der Waals surface area contributed by atoms with Crippen molar-refractivity contribution in [1.29, 1.82) is 0 Å². The third-order valence-electron chi connectivity index (χ3n) is 1.40. The third-order valence-corrected chi connectivity index (χ3v) is 1.40. The van der Waals surface area contributed by atoms with Crippen LogP contribution in [0, 0.1) is 5.21 Å². The van der Waals surface area contributed by atoms with Crippen LogP contribution >= 0.6 is 0 Å². The van der Waals surface area contributed by atoms with E-state index in [4.69, 9.17) is 5.11 Å². The van der Waals surface area contributed by atoms with Crippen molar-refractivity contribution in [3.63, 3.8) is 0 Å². The number of hydrogen-bond acceptors (Lipinski definition) is 2. The van der Waals surface area contributed by atoms with E-state index in [2.05, 4.69) is 0 Å². The molecule has 0 aromatic carbocycles. The van der Waals surface area contributed by atoms with Crippen LogP contribution in [-0.4, -0.2) is 11.1 Å². The number of hydrogen-bond donors (Lipinski definition) is 1. The lowest BCUT2D eigenvalue weighted by Gasteiger charge is -1.94. The van der Waals surface area contributed by atoms with Crippen LogP contribution in [0.2, 0.25) is 0 Å². The Hall–Kier alpha value is -1.84. The topological polar surface area (TPSA) is 64.2 Å². The third kappa shape index (κ3) is 3.37. The van der Waals surface area contributed by atoms with Crippen molar-refractivity contribution in [2.45, 2.75) is 6.42 Å². The fourth-order valence-corrected chi connectivity index (χ4v) is 0.866. The van der Waals surface area contributed by atoms with Crippen LogP contribution in [0.4, 0.5) is 0 Å². The van der Waals surface area contributed by atoms with E-state index in [0.29, 0.717) is 10.3 Å². The van der Waals surface area contributed by atoms with Crippen LogP contribution in [0.5, 0.6) is 0 Å². The van der Waals surface area contributed by atoms with Gasteiger partial charge in [-0.1, -0.05) is 12.2 Å². The van der Waals surface area contributed by atoms with Crippen LogP contribution in [-0.2, 0) is 4.79 Å². The summed E-state index contributed by atoms with van der Waals surface area (Å²) in [5.74, 6) is -0.887. The number of nitrogens with zero attached hydrogens (tertiary/aromatic N) is 1. The van der Waals surface area contributed by atoms with Crippen LogP contribution in [0.25, 0.3) is 6.08 Å². The summed E-state index contributed by atoms with van der Waals surface area (Å²) in [6.45, 7) is 0. The Kier molecular flexibility index (Phi) is 3.03. The van der Waals surface area contributed by atoms with Gasteiger partial charge in [-0.15, -0.1) is 0 Å². The molecule has 0 atom stereocenters. The maximum absolute atomic E-state index is 10.8. The van der Waals surface area contributed by atoms with Crippen LogP contribution in [0.3, 0.4) is 0 Å². The molecule has 1 aromatic rings. The summed E-state index contributed by atoms with van der Waals surface area (Å²) < 4.78 is 0.667. The summed E-state index contributed by atoms with van der Waals surface area (Å²) >= 11 is 0. The average Bonchev–Trinajstić information content (AvgIpc) is 2.03. The largest absolute Gasteiger partial charge is 0.619 e. The molecule has 0 aliphatic rings. The Morgan fingerprint density at radius 3 is 3.08 bits per heavy atom. The molecule has 0 spiro atoms. The van der Waals surface area contributed by atoms with E-state index in [1.165, 1.54) is 18.5 Å². The van der Waals surface area contributed by atoms with Crippen molar-refractivity contribution in [2.75, 3.05) is 0 Å². The lowest BCUT2D eigenvalue weighted by molar-refractivity contribution is -0.605. The normalized spacial score (nSPS) is 10.5. The van der Waals surface area contributed by atoms with Gasteiger partial charge in [0.2, 0.25) is 0 Å². The first-order chi connectivity index (χ1) is 6.18. The van der Waals surface area contributed by atoms with E-state index in [9.17, 15) is 10.0 Å². The van der Waals surface area contributed by atoms with Crippen molar-refractivity contribution in [3.05, 3.63) is 41.4 Å². The molecule has 1 aromatic heterocycles. The van der Waals surface area contributed by atoms with Gasteiger partial charge in [-0.2, -0.15) is 4.73 Å². The van der Waals surface area contributed by atoms with Gasteiger partial charge < -0.3 is 10.3 Å². The van der Waals surface area contributed by atoms with E-state index in [0.717, 1.165) is 0 Å². The summed E-state index contributed by atoms with van der Waals surface area (Å²) in [7, 11) is 0. The van der Waals surface area contributed by atoms with Gasteiger partial charge >= 0.3 is 5.97 Å². The second-order valence-corrected chi connectivity index (χ2v) is 2.50. The molecule has 0 radical (unpaired) electrons. The lowest BCUT2D eigenvalue weighted by atomic mass is 10.2. The van der Waals surface area contributed by atoms with E-state index in [1.807, 2.05) is 0 Å². The van der Waals surface area contributed by atoms with Gasteiger partial charge in [0.1, 0.15) is 0 Å². The van der Waals surface area contributed by atoms with Gasteiger partial charge in [0.05, 0.1) is 6.42 Å². The minimum absolute atomic E-state index is 0.0340. The second kappa shape index (κ2) is 4.25. The number of carboxylic acid groups (broad SMARTS) is 1. The molecule has 1 rings (SSSR count). The molecule has 0 amide bonds. The molecule has 0 saturated carbocycles. The minimum atomic E-state index is -0.887. The van der Waals surface area contributed by atoms with Crippen molar-refractivity contribution in [2.24, 2.45) is 0 Å². The number of carboxylic acids is 1. The molecule has 0 saturated heterocycles. The van der Waals surface area contributed by atoms with Crippen molar-refractivity contribution in [1.82, 2.24) is 0 Å². The van der Waals surface area contributed by atoms with Gasteiger partial charge in [0.25, 0.3) is 0 Å². The number of rotatable bonds is 3. The Morgan fingerprint density at radius 2 is 2.46 bits per heavy atom. The number of carbonyl (C=O) groups is 1. The Morgan fingerprint density at radius 1 is 1.69 bits per heavy atom. The molecule has 68 valence electrons. The van der Waals surface area contributed by atoms with E-state index in [1.54, 1.807) is 18.2 Å². The van der Waals surface area contributed by atoms with Gasteiger partial charge in [0, 0.05) is 11.6 Å². The summed E-state index contributed by atoms with van der Waals surface area (Å²) in [5, 5.41) is 19.1. The molecule has 0 fully saturated rings. The zero-order valence-corrected chi connectivity index (χ0v) is 6.88. The molecule has 0 bridgehead atoms. The molecule has 0 unspecified atom stereocenters. The SMILES string of the molecule is O=C(O)CC=Cc1ccc[n+]([O-])c1. The second-order valence-electron chi connectivity index (χ2n) is 2.50. The maximum atomic E-state index is 10.8. The first-order valence-electron chi connectivity index (χ1n) is 3.75. The first-order valence-corrected chi connectivity index (χ1v) is 3.75. The van der Waals surface area contributed by atoms with Gasteiger partial charge in [-0.05, 0) is 6.07 Å². The monoisotopic (exact) mass is 179 g/mol. The van der Waals surface area contributed by atoms with Crippen LogP contribution in [0.1, 0.15) is 12.0 Å². The Labute approximate surface area is 75.3 Å². The van der Waals surface area contributed by atoms with Crippen molar-refractivity contribution >= 4 is 12.0 Å². The highest BCUT2D eigenvalue weighted by Crippen LogP contribution is 1.98. The Bertz CT molecular complexity index is 333. The van der Waals surface area contributed by atoms with E-state index >= 15 is 0 Å². The summed E-state index contributed by atoms with van der Waals surface area (Å²) in [6, 6.07) is 3.33. The highest BCUT2D eigenvalue weighted by atomic mass is 16.5. The minimum Gasteiger partial charge on any atom is -0.619 e. The standard InChI is InChI=1S/C9H9NO3/c11-9(12)5-1-3-8-4-2-6-10(13)7-8/h1-4,6-7H,5H2,(H,11,12). The average molecular weight is 179 g/mol. The quantitative estimate of drug-likeness (QED) is 0.551. The predicted octanol–water partition coefficient (Wildman–Crippen LogP) is 0.808. The van der Waals surface area contributed by atoms with Gasteiger partial charge in [-0.25, -0.2) is 0 Å². The smallest absolute Gasteiger partial charge is 0.307 e. The van der Waals surface area contributed by atoms with E-state index < -0.39 is 5.97 Å². The molecule has 4 heteroatoms. The van der Waals surface area contributed by atoms with Crippen LogP contribution in [0.15, 0.2) is 30.6 Å². The van der Waals surface area contributed by atoms with Crippen molar-refractivity contribution < 1.29 is 14.6 Å². The Balaban J connectivity index is 2.63. The molecule has 1 N–H and O–H groups in total. The molecule has 13 heavy (non-hydrogen) atoms. The molecular weight excluding hydrogens is 170 g/mol. The number of aromatic nitrogens is 1. The molecule has 1 heterocycles.